The fourth-order valence-electron chi connectivity index (χ4n) is 1.36. The van der Waals surface area contributed by atoms with E-state index < -0.39 is 0 Å². The van der Waals surface area contributed by atoms with E-state index >= 15 is 0 Å². The Bertz CT molecular complexity index is 328. The molecule has 0 spiro atoms. The Hall–Kier alpha value is -0.810. The second-order valence-corrected chi connectivity index (χ2v) is 5.33. The van der Waals surface area contributed by atoms with Crippen molar-refractivity contribution in [1.29, 1.82) is 0 Å². The van der Waals surface area contributed by atoms with Crippen molar-refractivity contribution >= 4 is 17.6 Å². The molecule has 0 saturated heterocycles. The standard InChI is InChI=1S/C11H20N4S/c1-11(2,4-5-12)7-13-9-6-10(16-3)15-8-14-9/h6,8H,4-5,7,12H2,1-3H3,(H,13,14,15). The highest BCUT2D eigenvalue weighted by Crippen LogP contribution is 2.20. The summed E-state index contributed by atoms with van der Waals surface area (Å²) < 4.78 is 0. The lowest BCUT2D eigenvalue weighted by molar-refractivity contribution is 0.365. The third kappa shape index (κ3) is 4.37. The van der Waals surface area contributed by atoms with Crippen molar-refractivity contribution in [3.05, 3.63) is 12.4 Å². The van der Waals surface area contributed by atoms with Crippen LogP contribution in [0, 0.1) is 5.41 Å². The largest absolute Gasteiger partial charge is 0.369 e. The maximum atomic E-state index is 5.57. The van der Waals surface area contributed by atoms with E-state index in [4.69, 9.17) is 5.73 Å². The van der Waals surface area contributed by atoms with Gasteiger partial charge in [-0.2, -0.15) is 0 Å². The lowest BCUT2D eigenvalue weighted by Crippen LogP contribution is -2.26. The molecule has 0 unspecified atom stereocenters. The summed E-state index contributed by atoms with van der Waals surface area (Å²) in [5, 5.41) is 4.31. The molecule has 1 aromatic heterocycles. The number of aromatic nitrogens is 2. The number of hydrogen-bond acceptors (Lipinski definition) is 5. The van der Waals surface area contributed by atoms with Crippen LogP contribution in [0.4, 0.5) is 5.82 Å². The predicted molar refractivity (Wildman–Crippen MR) is 69.8 cm³/mol. The fourth-order valence-corrected chi connectivity index (χ4v) is 1.74. The fraction of sp³-hybridized carbons (Fsp3) is 0.636. The first-order valence-corrected chi connectivity index (χ1v) is 6.60. The van der Waals surface area contributed by atoms with Crippen molar-refractivity contribution in [2.24, 2.45) is 11.1 Å². The van der Waals surface area contributed by atoms with Gasteiger partial charge in [0.25, 0.3) is 0 Å². The van der Waals surface area contributed by atoms with Crippen LogP contribution in [0.3, 0.4) is 0 Å². The van der Waals surface area contributed by atoms with Gasteiger partial charge in [0, 0.05) is 12.6 Å². The van der Waals surface area contributed by atoms with Gasteiger partial charge in [-0.25, -0.2) is 9.97 Å². The summed E-state index contributed by atoms with van der Waals surface area (Å²) >= 11 is 1.62. The average Bonchev–Trinajstić information content (AvgIpc) is 2.27. The Morgan fingerprint density at radius 3 is 2.81 bits per heavy atom. The van der Waals surface area contributed by atoms with Gasteiger partial charge < -0.3 is 11.1 Å². The minimum Gasteiger partial charge on any atom is -0.369 e. The van der Waals surface area contributed by atoms with Crippen molar-refractivity contribution < 1.29 is 0 Å². The smallest absolute Gasteiger partial charge is 0.130 e. The molecular weight excluding hydrogens is 220 g/mol. The molecule has 1 heterocycles. The van der Waals surface area contributed by atoms with Crippen molar-refractivity contribution in [2.75, 3.05) is 24.7 Å². The molecule has 0 bridgehead atoms. The molecule has 90 valence electrons. The number of nitrogens with one attached hydrogen (secondary N) is 1. The van der Waals surface area contributed by atoms with Crippen LogP contribution >= 0.6 is 11.8 Å². The SMILES string of the molecule is CSc1cc(NCC(C)(C)CCN)ncn1. The third-order valence-electron chi connectivity index (χ3n) is 2.42. The molecule has 1 aromatic rings. The lowest BCUT2D eigenvalue weighted by atomic mass is 9.89. The van der Waals surface area contributed by atoms with E-state index in [0.29, 0.717) is 6.54 Å². The number of rotatable bonds is 6. The van der Waals surface area contributed by atoms with Gasteiger partial charge in [0.15, 0.2) is 0 Å². The zero-order chi connectivity index (χ0) is 12.0. The van der Waals surface area contributed by atoms with Crippen LogP contribution in [0.2, 0.25) is 0 Å². The predicted octanol–water partition coefficient (Wildman–Crippen LogP) is 1.99. The van der Waals surface area contributed by atoms with Crippen LogP contribution in [0.25, 0.3) is 0 Å². The number of nitrogens with zero attached hydrogens (tertiary/aromatic N) is 2. The number of hydrogen-bond donors (Lipinski definition) is 2. The molecule has 3 N–H and O–H groups in total. The van der Waals surface area contributed by atoms with E-state index in [-0.39, 0.29) is 5.41 Å². The van der Waals surface area contributed by atoms with Gasteiger partial charge in [-0.1, -0.05) is 13.8 Å². The third-order valence-corrected chi connectivity index (χ3v) is 3.06. The first-order valence-electron chi connectivity index (χ1n) is 5.37. The number of anilines is 1. The van der Waals surface area contributed by atoms with Gasteiger partial charge in [-0.3, -0.25) is 0 Å². The van der Waals surface area contributed by atoms with Crippen molar-refractivity contribution in [3.8, 4) is 0 Å². The molecular formula is C11H20N4S. The highest BCUT2D eigenvalue weighted by atomic mass is 32.2. The minimum atomic E-state index is 0.194. The molecule has 1 rings (SSSR count). The molecule has 0 saturated carbocycles. The van der Waals surface area contributed by atoms with Gasteiger partial charge in [-0.05, 0) is 24.6 Å². The summed E-state index contributed by atoms with van der Waals surface area (Å²) in [6.07, 6.45) is 4.59. The molecule has 5 heteroatoms. The molecule has 4 nitrogen and oxygen atoms in total. The molecule has 0 aliphatic heterocycles. The van der Waals surface area contributed by atoms with Crippen molar-refractivity contribution in [1.82, 2.24) is 9.97 Å². The lowest BCUT2D eigenvalue weighted by Gasteiger charge is -2.24. The minimum absolute atomic E-state index is 0.194. The summed E-state index contributed by atoms with van der Waals surface area (Å²) in [5.41, 5.74) is 5.77. The maximum absolute atomic E-state index is 5.57. The number of thioether (sulfide) groups is 1. The quantitative estimate of drug-likeness (QED) is 0.588. The van der Waals surface area contributed by atoms with E-state index in [1.54, 1.807) is 18.1 Å². The second kappa shape index (κ2) is 6.06. The van der Waals surface area contributed by atoms with Crippen molar-refractivity contribution in [3.63, 3.8) is 0 Å². The molecule has 0 atom stereocenters. The molecule has 0 aromatic carbocycles. The van der Waals surface area contributed by atoms with Gasteiger partial charge in [0.1, 0.15) is 17.2 Å². The molecule has 0 aliphatic rings. The van der Waals surface area contributed by atoms with Crippen LogP contribution in [-0.2, 0) is 0 Å². The van der Waals surface area contributed by atoms with Crippen LogP contribution in [-0.4, -0.2) is 29.3 Å². The molecule has 0 amide bonds. The van der Waals surface area contributed by atoms with Gasteiger partial charge in [-0.15, -0.1) is 11.8 Å². The van der Waals surface area contributed by atoms with E-state index in [9.17, 15) is 0 Å². The van der Waals surface area contributed by atoms with E-state index in [1.807, 2.05) is 12.3 Å². The Morgan fingerprint density at radius 2 is 2.19 bits per heavy atom. The highest BCUT2D eigenvalue weighted by Gasteiger charge is 2.16. The highest BCUT2D eigenvalue weighted by molar-refractivity contribution is 7.98. The van der Waals surface area contributed by atoms with Crippen LogP contribution in [0.5, 0.6) is 0 Å². The van der Waals surface area contributed by atoms with Gasteiger partial charge in [0.05, 0.1) is 0 Å². The van der Waals surface area contributed by atoms with Crippen LogP contribution < -0.4 is 11.1 Å². The Labute approximate surface area is 101 Å². The second-order valence-electron chi connectivity index (χ2n) is 4.50. The molecule has 0 radical (unpaired) electrons. The van der Waals surface area contributed by atoms with Crippen LogP contribution in [0.15, 0.2) is 17.4 Å². The van der Waals surface area contributed by atoms with Gasteiger partial charge in [0.2, 0.25) is 0 Å². The van der Waals surface area contributed by atoms with E-state index in [2.05, 4.69) is 29.1 Å². The zero-order valence-corrected chi connectivity index (χ0v) is 11.0. The first kappa shape index (κ1) is 13.3. The maximum Gasteiger partial charge on any atom is 0.130 e. The molecule has 0 fully saturated rings. The number of nitrogens with two attached hydrogens (primary N) is 1. The summed E-state index contributed by atoms with van der Waals surface area (Å²) in [7, 11) is 0. The summed E-state index contributed by atoms with van der Waals surface area (Å²) in [6.45, 7) is 5.98. The molecule has 0 aliphatic carbocycles. The zero-order valence-electron chi connectivity index (χ0n) is 10.2. The van der Waals surface area contributed by atoms with Crippen LogP contribution in [0.1, 0.15) is 20.3 Å². The van der Waals surface area contributed by atoms with E-state index in [1.165, 1.54) is 0 Å². The Balaban J connectivity index is 2.53. The normalized spacial score (nSPS) is 11.5. The Morgan fingerprint density at radius 1 is 1.44 bits per heavy atom. The van der Waals surface area contributed by atoms with E-state index in [0.717, 1.165) is 23.8 Å². The Kier molecular flexibility index (Phi) is 5.02. The summed E-state index contributed by atoms with van der Waals surface area (Å²) in [6, 6.07) is 1.96. The average molecular weight is 240 g/mol. The summed E-state index contributed by atoms with van der Waals surface area (Å²) in [5.74, 6) is 0.879. The monoisotopic (exact) mass is 240 g/mol. The molecule has 16 heavy (non-hydrogen) atoms. The summed E-state index contributed by atoms with van der Waals surface area (Å²) in [4.78, 5) is 8.31. The topological polar surface area (TPSA) is 63.8 Å². The first-order chi connectivity index (χ1) is 7.57. The van der Waals surface area contributed by atoms with Crippen molar-refractivity contribution in [2.45, 2.75) is 25.3 Å². The van der Waals surface area contributed by atoms with Gasteiger partial charge >= 0.3 is 0 Å².